The van der Waals surface area contributed by atoms with Crippen molar-refractivity contribution < 1.29 is 4.74 Å². The molecule has 2 heterocycles. The number of hydrogen-bond acceptors (Lipinski definition) is 2. The Kier molecular flexibility index (Phi) is 3.95. The smallest absolute Gasteiger partial charge is 0.0623 e. The molecule has 18 heavy (non-hydrogen) atoms. The molecular weight excluding hydrogens is 222 g/mol. The molecule has 0 spiro atoms. The van der Waals surface area contributed by atoms with Crippen LogP contribution in [0.4, 0.5) is 0 Å². The van der Waals surface area contributed by atoms with E-state index in [0.717, 1.165) is 30.3 Å². The van der Waals surface area contributed by atoms with Gasteiger partial charge in [0.25, 0.3) is 0 Å². The largest absolute Gasteiger partial charge is 0.375 e. The second-order valence-corrected chi connectivity index (χ2v) is 6.88. The molecule has 0 radical (unpaired) electrons. The molecule has 1 N–H and O–H groups in total. The first kappa shape index (κ1) is 12.9. The summed E-state index contributed by atoms with van der Waals surface area (Å²) in [6.45, 7) is 5.79. The lowest BCUT2D eigenvalue weighted by Gasteiger charge is -2.38. The van der Waals surface area contributed by atoms with E-state index in [1.54, 1.807) is 0 Å². The van der Waals surface area contributed by atoms with Crippen molar-refractivity contribution in [2.24, 2.45) is 17.8 Å². The van der Waals surface area contributed by atoms with Crippen molar-refractivity contribution in [3.05, 3.63) is 0 Å². The van der Waals surface area contributed by atoms with Gasteiger partial charge in [-0.3, -0.25) is 0 Å². The van der Waals surface area contributed by atoms with Gasteiger partial charge in [0, 0.05) is 12.0 Å². The average Bonchev–Trinajstić information content (AvgIpc) is 2.99. The summed E-state index contributed by atoms with van der Waals surface area (Å²) in [5.74, 6) is 2.68. The lowest BCUT2D eigenvalue weighted by atomic mass is 9.72. The van der Waals surface area contributed by atoms with Gasteiger partial charge in [-0.2, -0.15) is 0 Å². The third-order valence-corrected chi connectivity index (χ3v) is 5.62. The highest BCUT2D eigenvalue weighted by atomic mass is 16.5. The van der Waals surface area contributed by atoms with Crippen LogP contribution in [0.5, 0.6) is 0 Å². The van der Waals surface area contributed by atoms with Crippen molar-refractivity contribution in [3.63, 3.8) is 0 Å². The molecule has 3 aliphatic rings. The molecule has 2 aliphatic heterocycles. The molecule has 3 fully saturated rings. The SMILES string of the molecule is CCNC(C1CCC(C)CC1)C1CC2CCC1O2. The van der Waals surface area contributed by atoms with Gasteiger partial charge in [0.05, 0.1) is 12.2 Å². The fraction of sp³-hybridized carbons (Fsp3) is 1.00. The summed E-state index contributed by atoms with van der Waals surface area (Å²) in [4.78, 5) is 0. The van der Waals surface area contributed by atoms with E-state index in [0.29, 0.717) is 12.2 Å². The molecule has 0 amide bonds. The monoisotopic (exact) mass is 251 g/mol. The first-order chi connectivity index (χ1) is 8.78. The van der Waals surface area contributed by atoms with Crippen LogP contribution in [-0.4, -0.2) is 24.8 Å². The van der Waals surface area contributed by atoms with Crippen LogP contribution in [0.15, 0.2) is 0 Å². The van der Waals surface area contributed by atoms with E-state index >= 15 is 0 Å². The van der Waals surface area contributed by atoms with Crippen molar-refractivity contribution in [2.45, 2.75) is 77.0 Å². The Morgan fingerprint density at radius 1 is 1.11 bits per heavy atom. The quantitative estimate of drug-likeness (QED) is 0.827. The molecule has 4 atom stereocenters. The lowest BCUT2D eigenvalue weighted by molar-refractivity contribution is 0.0741. The predicted molar refractivity (Wildman–Crippen MR) is 74.6 cm³/mol. The second-order valence-electron chi connectivity index (χ2n) is 6.88. The minimum Gasteiger partial charge on any atom is -0.375 e. The molecule has 1 aliphatic carbocycles. The van der Waals surface area contributed by atoms with E-state index in [-0.39, 0.29) is 0 Å². The summed E-state index contributed by atoms with van der Waals surface area (Å²) < 4.78 is 6.08. The van der Waals surface area contributed by atoms with Crippen LogP contribution in [0.1, 0.15) is 58.8 Å². The van der Waals surface area contributed by atoms with E-state index in [1.165, 1.54) is 44.9 Å². The topological polar surface area (TPSA) is 21.3 Å². The normalized spacial score (nSPS) is 45.3. The summed E-state index contributed by atoms with van der Waals surface area (Å²) in [5.41, 5.74) is 0. The number of fused-ring (bicyclic) bond motifs is 2. The fourth-order valence-corrected chi connectivity index (χ4v) is 4.60. The lowest BCUT2D eigenvalue weighted by Crippen LogP contribution is -2.46. The first-order valence-electron chi connectivity index (χ1n) is 8.16. The summed E-state index contributed by atoms with van der Waals surface area (Å²) in [7, 11) is 0. The Bertz CT molecular complexity index is 272. The van der Waals surface area contributed by atoms with E-state index in [4.69, 9.17) is 4.74 Å². The number of nitrogens with one attached hydrogen (secondary N) is 1. The van der Waals surface area contributed by atoms with E-state index < -0.39 is 0 Å². The summed E-state index contributed by atoms with van der Waals surface area (Å²) in [6.07, 6.45) is 10.9. The van der Waals surface area contributed by atoms with Crippen molar-refractivity contribution in [3.8, 4) is 0 Å². The van der Waals surface area contributed by atoms with Gasteiger partial charge in [-0.25, -0.2) is 0 Å². The molecular formula is C16H29NO. The maximum atomic E-state index is 6.08. The molecule has 2 nitrogen and oxygen atoms in total. The van der Waals surface area contributed by atoms with Crippen molar-refractivity contribution in [2.75, 3.05) is 6.54 Å². The summed E-state index contributed by atoms with van der Waals surface area (Å²) in [5, 5.41) is 3.81. The highest BCUT2D eigenvalue weighted by Crippen LogP contribution is 2.44. The van der Waals surface area contributed by atoms with Crippen molar-refractivity contribution in [1.82, 2.24) is 5.32 Å². The van der Waals surface area contributed by atoms with Crippen LogP contribution < -0.4 is 5.32 Å². The number of ether oxygens (including phenoxy) is 1. The summed E-state index contributed by atoms with van der Waals surface area (Å²) in [6, 6.07) is 0.734. The maximum Gasteiger partial charge on any atom is 0.0623 e. The molecule has 0 aromatic carbocycles. The molecule has 2 bridgehead atoms. The summed E-state index contributed by atoms with van der Waals surface area (Å²) >= 11 is 0. The van der Waals surface area contributed by atoms with Crippen molar-refractivity contribution >= 4 is 0 Å². The van der Waals surface area contributed by atoms with Crippen LogP contribution in [-0.2, 0) is 4.74 Å². The van der Waals surface area contributed by atoms with Crippen LogP contribution >= 0.6 is 0 Å². The van der Waals surface area contributed by atoms with Gasteiger partial charge < -0.3 is 10.1 Å². The molecule has 4 unspecified atom stereocenters. The van der Waals surface area contributed by atoms with Crippen LogP contribution in [0, 0.1) is 17.8 Å². The molecule has 2 heteroatoms. The van der Waals surface area contributed by atoms with Crippen LogP contribution in [0.3, 0.4) is 0 Å². The Hall–Kier alpha value is -0.0800. The van der Waals surface area contributed by atoms with Crippen LogP contribution in [0.25, 0.3) is 0 Å². The highest BCUT2D eigenvalue weighted by Gasteiger charge is 2.46. The van der Waals surface area contributed by atoms with E-state index in [2.05, 4.69) is 19.2 Å². The van der Waals surface area contributed by atoms with Gasteiger partial charge in [-0.05, 0) is 50.5 Å². The molecule has 2 saturated heterocycles. The molecule has 3 rings (SSSR count). The zero-order valence-corrected chi connectivity index (χ0v) is 12.0. The van der Waals surface area contributed by atoms with Gasteiger partial charge >= 0.3 is 0 Å². The number of hydrogen-bond donors (Lipinski definition) is 1. The maximum absolute atomic E-state index is 6.08. The van der Waals surface area contributed by atoms with Gasteiger partial charge in [0.2, 0.25) is 0 Å². The van der Waals surface area contributed by atoms with Gasteiger partial charge in [0.1, 0.15) is 0 Å². The Labute approximate surface area is 112 Å². The molecule has 104 valence electrons. The zero-order chi connectivity index (χ0) is 12.5. The van der Waals surface area contributed by atoms with Gasteiger partial charge in [-0.1, -0.05) is 26.7 Å². The predicted octanol–water partition coefficient (Wildman–Crippen LogP) is 3.36. The first-order valence-corrected chi connectivity index (χ1v) is 8.16. The third-order valence-electron chi connectivity index (χ3n) is 5.62. The standard InChI is InChI=1S/C16H29NO/c1-3-17-16(12-6-4-11(2)5-7-12)14-10-13-8-9-15(14)18-13/h11-17H,3-10H2,1-2H3. The molecule has 1 saturated carbocycles. The minimum atomic E-state index is 0.582. The van der Waals surface area contributed by atoms with E-state index in [9.17, 15) is 0 Å². The van der Waals surface area contributed by atoms with Crippen molar-refractivity contribution in [1.29, 1.82) is 0 Å². The molecule has 0 aromatic heterocycles. The van der Waals surface area contributed by atoms with Crippen LogP contribution in [0.2, 0.25) is 0 Å². The Balaban J connectivity index is 1.64. The minimum absolute atomic E-state index is 0.582. The number of rotatable bonds is 4. The molecule has 0 aromatic rings. The average molecular weight is 251 g/mol. The zero-order valence-electron chi connectivity index (χ0n) is 12.0. The Morgan fingerprint density at radius 2 is 1.89 bits per heavy atom. The van der Waals surface area contributed by atoms with Gasteiger partial charge in [-0.15, -0.1) is 0 Å². The Morgan fingerprint density at radius 3 is 2.44 bits per heavy atom. The van der Waals surface area contributed by atoms with Gasteiger partial charge in [0.15, 0.2) is 0 Å². The highest BCUT2D eigenvalue weighted by molar-refractivity contribution is 4.98. The third kappa shape index (κ3) is 2.46. The fourth-order valence-electron chi connectivity index (χ4n) is 4.60. The van der Waals surface area contributed by atoms with E-state index in [1.807, 2.05) is 0 Å². The second kappa shape index (κ2) is 5.50.